The molecule has 1 aliphatic rings. The molecule has 2 heterocycles. The Balaban J connectivity index is 1.61. The first kappa shape index (κ1) is 14.0. The third-order valence-corrected chi connectivity index (χ3v) is 4.23. The van der Waals surface area contributed by atoms with Gasteiger partial charge in [-0.1, -0.05) is 0 Å². The molecule has 0 atom stereocenters. The second kappa shape index (κ2) is 6.67. The van der Waals surface area contributed by atoms with Crippen molar-refractivity contribution in [3.05, 3.63) is 34.9 Å². The summed E-state index contributed by atoms with van der Waals surface area (Å²) in [5.74, 6) is 0. The smallest absolute Gasteiger partial charge is 0.407 e. The summed E-state index contributed by atoms with van der Waals surface area (Å²) >= 11 is 1.61. The molecule has 0 saturated heterocycles. The minimum atomic E-state index is -0.371. The quantitative estimate of drug-likeness (QED) is 0.940. The lowest BCUT2D eigenvalue weighted by atomic mass is 10.2. The summed E-state index contributed by atoms with van der Waals surface area (Å²) in [6, 6.07) is 2.00. The number of carbonyl (C=O) groups excluding carboxylic acids is 1. The number of hydrogen-bond donors (Lipinski definition) is 1. The van der Waals surface area contributed by atoms with Gasteiger partial charge in [0, 0.05) is 23.3 Å². The average Bonchev–Trinajstić information content (AvgIpc) is 3.18. The zero-order chi connectivity index (χ0) is 14.5. The van der Waals surface area contributed by atoms with Gasteiger partial charge < -0.3 is 10.1 Å². The minimum absolute atomic E-state index is 0.0724. The molecular weight excluding hydrogens is 286 g/mol. The molecule has 21 heavy (non-hydrogen) atoms. The number of aromatic nitrogens is 2. The molecule has 110 valence electrons. The summed E-state index contributed by atoms with van der Waals surface area (Å²) in [6.45, 7) is 0.324. The summed E-state index contributed by atoms with van der Waals surface area (Å²) in [5, 5.41) is 6.78. The molecule has 1 aliphatic carbocycles. The number of ether oxygens (including phenoxy) is 1. The van der Waals surface area contributed by atoms with E-state index in [-0.39, 0.29) is 12.2 Å². The molecule has 1 fully saturated rings. The number of nitrogens with zero attached hydrogens (tertiary/aromatic N) is 2. The molecule has 0 unspecified atom stereocenters. The Morgan fingerprint density at radius 3 is 2.90 bits per heavy atom. The first-order chi connectivity index (χ1) is 10.3. The minimum Gasteiger partial charge on any atom is -0.446 e. The van der Waals surface area contributed by atoms with E-state index >= 15 is 0 Å². The number of nitrogens with one attached hydrogen (secondary N) is 1. The van der Waals surface area contributed by atoms with Crippen LogP contribution in [0.15, 0.2) is 29.2 Å². The van der Waals surface area contributed by atoms with Crippen LogP contribution in [0.25, 0.3) is 11.3 Å². The van der Waals surface area contributed by atoms with Gasteiger partial charge in [0.05, 0.1) is 17.9 Å². The van der Waals surface area contributed by atoms with E-state index < -0.39 is 0 Å². The molecule has 5 nitrogen and oxygen atoms in total. The van der Waals surface area contributed by atoms with Gasteiger partial charge in [-0.2, -0.15) is 11.3 Å². The maximum atomic E-state index is 11.8. The van der Waals surface area contributed by atoms with Gasteiger partial charge in [0.2, 0.25) is 0 Å². The van der Waals surface area contributed by atoms with Crippen molar-refractivity contribution in [1.82, 2.24) is 15.3 Å². The summed E-state index contributed by atoms with van der Waals surface area (Å²) in [7, 11) is 0. The van der Waals surface area contributed by atoms with Crippen molar-refractivity contribution in [2.75, 3.05) is 0 Å². The van der Waals surface area contributed by atoms with Crippen molar-refractivity contribution in [1.29, 1.82) is 0 Å². The zero-order valence-electron chi connectivity index (χ0n) is 11.6. The van der Waals surface area contributed by atoms with Crippen LogP contribution in [0.1, 0.15) is 31.4 Å². The highest BCUT2D eigenvalue weighted by Gasteiger charge is 2.19. The molecule has 0 radical (unpaired) electrons. The van der Waals surface area contributed by atoms with Crippen molar-refractivity contribution in [3.63, 3.8) is 0 Å². The zero-order valence-corrected chi connectivity index (χ0v) is 12.4. The van der Waals surface area contributed by atoms with Crippen molar-refractivity contribution >= 4 is 17.4 Å². The van der Waals surface area contributed by atoms with Crippen molar-refractivity contribution in [2.24, 2.45) is 0 Å². The Morgan fingerprint density at radius 1 is 1.33 bits per heavy atom. The van der Waals surface area contributed by atoms with Gasteiger partial charge >= 0.3 is 6.09 Å². The number of alkyl carbamates (subject to hydrolysis) is 1. The molecule has 1 saturated carbocycles. The van der Waals surface area contributed by atoms with Crippen LogP contribution in [0.3, 0.4) is 0 Å². The Labute approximate surface area is 127 Å². The van der Waals surface area contributed by atoms with Gasteiger partial charge in [0.15, 0.2) is 0 Å². The van der Waals surface area contributed by atoms with E-state index in [0.29, 0.717) is 6.54 Å². The number of amides is 1. The molecule has 2 aromatic rings. The third-order valence-electron chi connectivity index (χ3n) is 3.54. The summed E-state index contributed by atoms with van der Waals surface area (Å²) in [5.41, 5.74) is 2.58. The molecule has 0 bridgehead atoms. The van der Waals surface area contributed by atoms with Crippen LogP contribution in [0.4, 0.5) is 4.79 Å². The highest BCUT2D eigenvalue weighted by atomic mass is 32.1. The molecule has 3 rings (SSSR count). The van der Waals surface area contributed by atoms with E-state index in [9.17, 15) is 4.79 Å². The van der Waals surface area contributed by atoms with Gasteiger partial charge in [-0.3, -0.25) is 9.97 Å². The second-order valence-electron chi connectivity index (χ2n) is 5.03. The normalized spacial score (nSPS) is 15.0. The molecule has 0 aliphatic heterocycles. The first-order valence-electron chi connectivity index (χ1n) is 7.10. The van der Waals surface area contributed by atoms with Crippen molar-refractivity contribution in [2.45, 2.75) is 38.3 Å². The molecule has 1 N–H and O–H groups in total. The standard InChI is InChI=1S/C15H17N3O2S/c19-15(20-12-3-1-2-4-12)18-9-13-14(17-7-6-16-13)11-5-8-21-10-11/h5-8,10,12H,1-4,9H2,(H,18,19). The highest BCUT2D eigenvalue weighted by Crippen LogP contribution is 2.23. The molecule has 6 heteroatoms. The largest absolute Gasteiger partial charge is 0.446 e. The van der Waals surface area contributed by atoms with Crippen molar-refractivity contribution < 1.29 is 9.53 Å². The summed E-state index contributed by atoms with van der Waals surface area (Å²) in [4.78, 5) is 20.5. The van der Waals surface area contributed by atoms with Crippen LogP contribution < -0.4 is 5.32 Å². The molecule has 2 aromatic heterocycles. The number of thiophene rings is 1. The highest BCUT2D eigenvalue weighted by molar-refractivity contribution is 7.08. The van der Waals surface area contributed by atoms with Gasteiger partial charge in [0.25, 0.3) is 0 Å². The summed E-state index contributed by atoms with van der Waals surface area (Å²) in [6.07, 6.45) is 7.22. The van der Waals surface area contributed by atoms with Gasteiger partial charge in [-0.15, -0.1) is 0 Å². The Hall–Kier alpha value is -1.95. The lowest BCUT2D eigenvalue weighted by molar-refractivity contribution is 0.100. The number of hydrogen-bond acceptors (Lipinski definition) is 5. The topological polar surface area (TPSA) is 64.1 Å². The second-order valence-corrected chi connectivity index (χ2v) is 5.81. The van der Waals surface area contributed by atoms with Gasteiger partial charge in [0.1, 0.15) is 6.10 Å². The van der Waals surface area contributed by atoms with Crippen LogP contribution in [0.5, 0.6) is 0 Å². The molecule has 1 amide bonds. The fourth-order valence-corrected chi connectivity index (χ4v) is 3.13. The SMILES string of the molecule is O=C(NCc1nccnc1-c1ccsc1)OC1CCCC1. The van der Waals surface area contributed by atoms with Crippen LogP contribution >= 0.6 is 11.3 Å². The predicted octanol–water partition coefficient (Wildman–Crippen LogP) is 3.37. The lowest BCUT2D eigenvalue weighted by Gasteiger charge is -2.12. The fourth-order valence-electron chi connectivity index (χ4n) is 2.49. The number of rotatable bonds is 4. The fraction of sp³-hybridized carbons (Fsp3) is 0.400. The van der Waals surface area contributed by atoms with E-state index in [0.717, 1.165) is 42.6 Å². The van der Waals surface area contributed by atoms with E-state index in [1.807, 2.05) is 16.8 Å². The maximum absolute atomic E-state index is 11.8. The lowest BCUT2D eigenvalue weighted by Crippen LogP contribution is -2.28. The molecule has 0 spiro atoms. The van der Waals surface area contributed by atoms with E-state index in [1.165, 1.54) is 0 Å². The predicted molar refractivity (Wildman–Crippen MR) is 80.9 cm³/mol. The van der Waals surface area contributed by atoms with Gasteiger partial charge in [-0.05, 0) is 37.1 Å². The van der Waals surface area contributed by atoms with E-state index in [1.54, 1.807) is 23.7 Å². The van der Waals surface area contributed by atoms with Gasteiger partial charge in [-0.25, -0.2) is 4.79 Å². The van der Waals surface area contributed by atoms with Crippen LogP contribution in [-0.4, -0.2) is 22.2 Å². The summed E-state index contributed by atoms with van der Waals surface area (Å²) < 4.78 is 5.37. The third kappa shape index (κ3) is 3.58. The van der Waals surface area contributed by atoms with Crippen LogP contribution in [0, 0.1) is 0 Å². The number of carbonyl (C=O) groups is 1. The monoisotopic (exact) mass is 303 g/mol. The molecular formula is C15H17N3O2S. The van der Waals surface area contributed by atoms with Crippen LogP contribution in [0.2, 0.25) is 0 Å². The molecule has 0 aromatic carbocycles. The maximum Gasteiger partial charge on any atom is 0.407 e. The average molecular weight is 303 g/mol. The Bertz CT molecular complexity index is 595. The Morgan fingerprint density at radius 2 is 2.14 bits per heavy atom. The van der Waals surface area contributed by atoms with Crippen LogP contribution in [-0.2, 0) is 11.3 Å². The Kier molecular flexibility index (Phi) is 4.45. The van der Waals surface area contributed by atoms with Crippen molar-refractivity contribution in [3.8, 4) is 11.3 Å². The van der Waals surface area contributed by atoms with E-state index in [2.05, 4.69) is 15.3 Å². The van der Waals surface area contributed by atoms with E-state index in [4.69, 9.17) is 4.74 Å². The first-order valence-corrected chi connectivity index (χ1v) is 8.04.